The highest BCUT2D eigenvalue weighted by molar-refractivity contribution is 5.97. The lowest BCUT2D eigenvalue weighted by Gasteiger charge is -2.31. The highest BCUT2D eigenvalue weighted by Crippen LogP contribution is 2.31. The quantitative estimate of drug-likeness (QED) is 0.538. The van der Waals surface area contributed by atoms with E-state index in [1.807, 2.05) is 50.2 Å². The van der Waals surface area contributed by atoms with Crippen LogP contribution in [0.4, 0.5) is 0 Å². The van der Waals surface area contributed by atoms with Gasteiger partial charge in [0.2, 0.25) is 5.89 Å². The summed E-state index contributed by atoms with van der Waals surface area (Å²) in [5.41, 5.74) is 2.46. The standard InChI is InChI=1S/C24H27N3O3/c1-3-29-22-11-5-4-10-20(22)24-26-21(17(2)30-24)16-27-13-7-9-19(15-27)23(28)18-8-6-12-25-14-18/h4-6,8,10-12,14,19H,3,7,9,13,15-16H2,1-2H3/t19-/m0/s1. The largest absolute Gasteiger partial charge is 0.493 e. The zero-order valence-electron chi connectivity index (χ0n) is 17.5. The lowest BCUT2D eigenvalue weighted by atomic mass is 9.90. The number of hydrogen-bond acceptors (Lipinski definition) is 6. The van der Waals surface area contributed by atoms with E-state index in [-0.39, 0.29) is 11.7 Å². The predicted octanol–water partition coefficient (Wildman–Crippen LogP) is 4.54. The van der Waals surface area contributed by atoms with Gasteiger partial charge in [0.25, 0.3) is 0 Å². The Bertz CT molecular complexity index is 1000. The molecule has 1 saturated heterocycles. The number of ether oxygens (including phenoxy) is 1. The fourth-order valence-electron chi connectivity index (χ4n) is 3.98. The van der Waals surface area contributed by atoms with Crippen LogP contribution >= 0.6 is 0 Å². The summed E-state index contributed by atoms with van der Waals surface area (Å²) in [6, 6.07) is 11.4. The van der Waals surface area contributed by atoms with E-state index in [1.165, 1.54) is 0 Å². The van der Waals surface area contributed by atoms with Crippen molar-refractivity contribution in [2.45, 2.75) is 33.2 Å². The summed E-state index contributed by atoms with van der Waals surface area (Å²) in [4.78, 5) is 24.0. The highest BCUT2D eigenvalue weighted by atomic mass is 16.5. The first-order chi connectivity index (χ1) is 14.7. The molecule has 6 nitrogen and oxygen atoms in total. The number of ketones is 1. The maximum atomic E-state index is 12.8. The minimum absolute atomic E-state index is 0.00620. The second-order valence-electron chi connectivity index (χ2n) is 7.63. The molecule has 1 fully saturated rings. The van der Waals surface area contributed by atoms with Crippen molar-refractivity contribution in [3.8, 4) is 17.2 Å². The highest BCUT2D eigenvalue weighted by Gasteiger charge is 2.28. The van der Waals surface area contributed by atoms with E-state index < -0.39 is 0 Å². The van der Waals surface area contributed by atoms with Gasteiger partial charge in [-0.15, -0.1) is 0 Å². The third-order valence-corrected chi connectivity index (χ3v) is 5.51. The van der Waals surface area contributed by atoms with Gasteiger partial charge in [-0.25, -0.2) is 4.98 Å². The first-order valence-electron chi connectivity index (χ1n) is 10.5. The number of aryl methyl sites for hydroxylation is 1. The molecule has 0 amide bonds. The molecule has 1 aromatic carbocycles. The zero-order valence-corrected chi connectivity index (χ0v) is 17.5. The molecule has 3 aromatic rings. The number of piperidine rings is 1. The van der Waals surface area contributed by atoms with Gasteiger partial charge in [-0.1, -0.05) is 12.1 Å². The van der Waals surface area contributed by atoms with Crippen LogP contribution in [0.3, 0.4) is 0 Å². The van der Waals surface area contributed by atoms with Crippen LogP contribution in [0.2, 0.25) is 0 Å². The number of hydrogen-bond donors (Lipinski definition) is 0. The van der Waals surface area contributed by atoms with Crippen molar-refractivity contribution < 1.29 is 13.9 Å². The number of benzene rings is 1. The molecule has 0 N–H and O–H groups in total. The zero-order chi connectivity index (χ0) is 20.9. The van der Waals surface area contributed by atoms with E-state index in [9.17, 15) is 4.79 Å². The first kappa shape index (κ1) is 20.3. The van der Waals surface area contributed by atoms with Crippen LogP contribution in [0, 0.1) is 12.8 Å². The van der Waals surface area contributed by atoms with Crippen molar-refractivity contribution in [2.24, 2.45) is 5.92 Å². The summed E-state index contributed by atoms with van der Waals surface area (Å²) >= 11 is 0. The van der Waals surface area contributed by atoms with Crippen LogP contribution in [-0.4, -0.2) is 40.3 Å². The maximum absolute atomic E-state index is 12.8. The van der Waals surface area contributed by atoms with Gasteiger partial charge in [-0.2, -0.15) is 0 Å². The second kappa shape index (κ2) is 9.22. The predicted molar refractivity (Wildman–Crippen MR) is 114 cm³/mol. The van der Waals surface area contributed by atoms with Crippen molar-refractivity contribution in [1.82, 2.24) is 14.9 Å². The molecule has 0 bridgehead atoms. The second-order valence-corrected chi connectivity index (χ2v) is 7.63. The third-order valence-electron chi connectivity index (χ3n) is 5.51. The number of carbonyl (C=O) groups excluding carboxylic acids is 1. The fraction of sp³-hybridized carbons (Fsp3) is 0.375. The number of Topliss-reactive ketones (excluding diaryl/α,β-unsaturated/α-hetero) is 1. The maximum Gasteiger partial charge on any atom is 0.230 e. The molecule has 156 valence electrons. The molecule has 3 heterocycles. The molecule has 0 spiro atoms. The molecular formula is C24H27N3O3. The molecule has 0 aliphatic carbocycles. The number of oxazole rings is 1. The lowest BCUT2D eigenvalue weighted by molar-refractivity contribution is 0.0809. The van der Waals surface area contributed by atoms with Gasteiger partial charge in [0.15, 0.2) is 5.78 Å². The molecule has 6 heteroatoms. The normalized spacial score (nSPS) is 17.1. The van der Waals surface area contributed by atoms with Gasteiger partial charge in [-0.05, 0) is 57.5 Å². The van der Waals surface area contributed by atoms with E-state index in [4.69, 9.17) is 14.1 Å². The molecular weight excluding hydrogens is 378 g/mol. The van der Waals surface area contributed by atoms with E-state index in [0.29, 0.717) is 24.6 Å². The van der Waals surface area contributed by atoms with E-state index >= 15 is 0 Å². The van der Waals surface area contributed by atoms with Gasteiger partial charge < -0.3 is 9.15 Å². The molecule has 30 heavy (non-hydrogen) atoms. The smallest absolute Gasteiger partial charge is 0.230 e. The first-order valence-corrected chi connectivity index (χ1v) is 10.5. The van der Waals surface area contributed by atoms with Crippen molar-refractivity contribution >= 4 is 5.78 Å². The van der Waals surface area contributed by atoms with Crippen LogP contribution in [0.5, 0.6) is 5.75 Å². The summed E-state index contributed by atoms with van der Waals surface area (Å²) in [6.07, 6.45) is 5.26. The van der Waals surface area contributed by atoms with E-state index in [0.717, 1.165) is 48.7 Å². The molecule has 1 atom stereocenters. The number of rotatable bonds is 7. The van der Waals surface area contributed by atoms with Crippen LogP contribution in [0.25, 0.3) is 11.5 Å². The minimum atomic E-state index is -0.00620. The topological polar surface area (TPSA) is 68.5 Å². The third kappa shape index (κ3) is 4.44. The number of likely N-dealkylation sites (tertiary alicyclic amines) is 1. The van der Waals surface area contributed by atoms with Crippen molar-refractivity contribution in [1.29, 1.82) is 0 Å². The Morgan fingerprint density at radius 2 is 2.13 bits per heavy atom. The Labute approximate surface area is 176 Å². The molecule has 0 unspecified atom stereocenters. The van der Waals surface area contributed by atoms with Gasteiger partial charge in [-0.3, -0.25) is 14.7 Å². The summed E-state index contributed by atoms with van der Waals surface area (Å²) in [6.45, 7) is 6.84. The van der Waals surface area contributed by atoms with Crippen LogP contribution in [-0.2, 0) is 6.54 Å². The molecule has 4 rings (SSSR count). The summed E-state index contributed by atoms with van der Waals surface area (Å²) in [7, 11) is 0. The number of para-hydroxylation sites is 1. The number of aromatic nitrogens is 2. The SMILES string of the molecule is CCOc1ccccc1-c1nc(CN2CCC[C@H](C(=O)c3cccnc3)C2)c(C)o1. The molecule has 2 aromatic heterocycles. The van der Waals surface area contributed by atoms with Crippen LogP contribution in [0.15, 0.2) is 53.2 Å². The van der Waals surface area contributed by atoms with Gasteiger partial charge in [0, 0.05) is 37.0 Å². The summed E-state index contributed by atoms with van der Waals surface area (Å²) < 4.78 is 11.7. The summed E-state index contributed by atoms with van der Waals surface area (Å²) in [5.74, 6) is 2.32. The molecule has 1 aliphatic heterocycles. The Hall–Kier alpha value is -2.99. The van der Waals surface area contributed by atoms with Gasteiger partial charge in [0.1, 0.15) is 11.5 Å². The van der Waals surface area contributed by atoms with Crippen LogP contribution < -0.4 is 4.74 Å². The lowest BCUT2D eigenvalue weighted by Crippen LogP contribution is -2.38. The van der Waals surface area contributed by atoms with Gasteiger partial charge >= 0.3 is 0 Å². The van der Waals surface area contributed by atoms with E-state index in [2.05, 4.69) is 9.88 Å². The Morgan fingerprint density at radius 3 is 2.93 bits per heavy atom. The number of carbonyl (C=O) groups is 1. The monoisotopic (exact) mass is 405 g/mol. The number of pyridine rings is 1. The Kier molecular flexibility index (Phi) is 6.23. The number of nitrogens with zero attached hydrogens (tertiary/aromatic N) is 3. The Balaban J connectivity index is 1.48. The molecule has 0 saturated carbocycles. The Morgan fingerprint density at radius 1 is 1.27 bits per heavy atom. The van der Waals surface area contributed by atoms with E-state index in [1.54, 1.807) is 12.4 Å². The van der Waals surface area contributed by atoms with Crippen LogP contribution in [0.1, 0.15) is 41.6 Å². The fourth-order valence-corrected chi connectivity index (χ4v) is 3.98. The summed E-state index contributed by atoms with van der Waals surface area (Å²) in [5, 5.41) is 0. The van der Waals surface area contributed by atoms with Crippen molar-refractivity contribution in [3.05, 3.63) is 65.8 Å². The molecule has 1 aliphatic rings. The molecule has 0 radical (unpaired) electrons. The van der Waals surface area contributed by atoms with Crippen molar-refractivity contribution in [2.75, 3.05) is 19.7 Å². The van der Waals surface area contributed by atoms with Gasteiger partial charge in [0.05, 0.1) is 17.9 Å². The van der Waals surface area contributed by atoms with Crippen molar-refractivity contribution in [3.63, 3.8) is 0 Å². The average molecular weight is 405 g/mol. The minimum Gasteiger partial charge on any atom is -0.493 e. The average Bonchev–Trinajstić information content (AvgIpc) is 3.14.